The number of nitriles is 1. The first-order valence-corrected chi connectivity index (χ1v) is 9.72. The van der Waals surface area contributed by atoms with Gasteiger partial charge in [-0.3, -0.25) is 4.79 Å². The third-order valence-corrected chi connectivity index (χ3v) is 5.08. The van der Waals surface area contributed by atoms with Gasteiger partial charge in [0.15, 0.2) is 0 Å². The van der Waals surface area contributed by atoms with E-state index < -0.39 is 11.8 Å². The van der Waals surface area contributed by atoms with Crippen LogP contribution in [-0.2, 0) is 4.79 Å². The molecule has 0 saturated heterocycles. The van der Waals surface area contributed by atoms with Crippen molar-refractivity contribution in [3.8, 4) is 11.8 Å². The van der Waals surface area contributed by atoms with Gasteiger partial charge in [-0.05, 0) is 59.0 Å². The van der Waals surface area contributed by atoms with Gasteiger partial charge in [0.2, 0.25) is 5.69 Å². The third-order valence-electron chi connectivity index (χ3n) is 5.08. The van der Waals surface area contributed by atoms with E-state index >= 15 is 0 Å². The Bertz CT molecular complexity index is 1180. The molecule has 0 N–H and O–H groups in total. The van der Waals surface area contributed by atoms with E-state index in [1.807, 2.05) is 0 Å². The molecule has 1 fully saturated rings. The topological polar surface area (TPSA) is 77.8 Å². The number of hydrogen-bond donors (Lipinski definition) is 0. The Hall–Kier alpha value is -3.73. The molecule has 31 heavy (non-hydrogen) atoms. The van der Waals surface area contributed by atoms with Crippen LogP contribution in [0.5, 0.6) is 5.75 Å². The van der Waals surface area contributed by atoms with Crippen LogP contribution in [0.15, 0.2) is 52.6 Å². The highest BCUT2D eigenvalue weighted by Gasteiger charge is 2.42. The van der Waals surface area contributed by atoms with Crippen LogP contribution in [0.4, 0.5) is 14.5 Å². The minimum absolute atomic E-state index is 0.110. The molecule has 4 rings (SSSR count). The lowest BCUT2D eigenvalue weighted by Crippen LogP contribution is -2.30. The second-order valence-electron chi connectivity index (χ2n) is 7.48. The molecule has 6 nitrogen and oxygen atoms in total. The third kappa shape index (κ3) is 4.12. The molecule has 0 atom stereocenters. The van der Waals surface area contributed by atoms with Gasteiger partial charge in [-0.1, -0.05) is 0 Å². The minimum Gasteiger partial charge on any atom is -0.497 e. The Labute approximate surface area is 177 Å². The van der Waals surface area contributed by atoms with E-state index in [1.54, 1.807) is 60.5 Å². The summed E-state index contributed by atoms with van der Waals surface area (Å²) in [5.74, 6) is -4.53. The summed E-state index contributed by atoms with van der Waals surface area (Å²) >= 11 is 0. The predicted octanol–water partition coefficient (Wildman–Crippen LogP) is 4.08. The molecule has 156 valence electrons. The maximum Gasteiger partial charge on any atom is 0.324 e. The lowest BCUT2D eigenvalue weighted by Gasteiger charge is -2.10. The second-order valence-corrected chi connectivity index (χ2v) is 7.48. The molecular weight excluding hydrogens is 402 g/mol. The number of halogens is 2. The van der Waals surface area contributed by atoms with Crippen molar-refractivity contribution in [2.24, 2.45) is 16.0 Å². The zero-order valence-electron chi connectivity index (χ0n) is 17.0. The van der Waals surface area contributed by atoms with Gasteiger partial charge >= 0.3 is 11.8 Å². The number of nitrogens with zero attached hydrogens (tertiary/aromatic N) is 4. The normalized spacial score (nSPS) is 17.2. The van der Waals surface area contributed by atoms with Gasteiger partial charge in [0.25, 0.3) is 5.71 Å². The number of methoxy groups -OCH3 is 1. The number of alkyl halides is 2. The first kappa shape index (κ1) is 20.5. The van der Waals surface area contributed by atoms with Crippen LogP contribution in [-0.4, -0.2) is 41.3 Å². The Morgan fingerprint density at radius 2 is 1.97 bits per heavy atom. The fourth-order valence-corrected chi connectivity index (χ4v) is 3.31. The summed E-state index contributed by atoms with van der Waals surface area (Å²) in [7, 11) is 1.55. The van der Waals surface area contributed by atoms with E-state index in [1.165, 1.54) is 0 Å². The number of aliphatic imine (C=N–C) groups is 1. The van der Waals surface area contributed by atoms with Crippen molar-refractivity contribution >= 4 is 29.2 Å². The summed E-state index contributed by atoms with van der Waals surface area (Å²) in [6, 6.07) is 14.2. The maximum absolute atomic E-state index is 13.7. The van der Waals surface area contributed by atoms with Gasteiger partial charge in [-0.15, -0.1) is 0 Å². The molecule has 0 unspecified atom stereocenters. The summed E-state index contributed by atoms with van der Waals surface area (Å²) < 4.78 is 34.1. The van der Waals surface area contributed by atoms with Crippen LogP contribution < -0.4 is 4.74 Å². The molecular formula is C23H19F2N4O2+. The van der Waals surface area contributed by atoms with Gasteiger partial charge in [-0.25, -0.2) is 4.99 Å². The van der Waals surface area contributed by atoms with Crippen LogP contribution in [0.1, 0.15) is 36.5 Å². The van der Waals surface area contributed by atoms with Crippen molar-refractivity contribution in [2.45, 2.75) is 25.7 Å². The predicted molar refractivity (Wildman–Crippen MR) is 112 cm³/mol. The molecule has 0 bridgehead atoms. The summed E-state index contributed by atoms with van der Waals surface area (Å²) in [4.78, 5) is 16.0. The SMILES string of the molecule is COc1ccc(/C(C(=NC(=O)C(C)(F)F)C2CC2)=[N+]2/N=Cc3cc(C#N)ccc32)cc1. The van der Waals surface area contributed by atoms with Crippen molar-refractivity contribution in [2.75, 3.05) is 7.11 Å². The zero-order chi connectivity index (χ0) is 22.2. The summed E-state index contributed by atoms with van der Waals surface area (Å²) in [6.45, 7) is 0.545. The maximum atomic E-state index is 13.7. The van der Waals surface area contributed by atoms with E-state index in [4.69, 9.17) is 10.00 Å². The molecule has 2 aromatic rings. The molecule has 2 aliphatic rings. The molecule has 0 aromatic heterocycles. The number of rotatable bonds is 5. The molecule has 8 heteroatoms. The first-order valence-electron chi connectivity index (χ1n) is 9.72. The highest BCUT2D eigenvalue weighted by atomic mass is 19.3. The summed E-state index contributed by atoms with van der Waals surface area (Å²) in [5.41, 5.74) is 3.28. The lowest BCUT2D eigenvalue weighted by molar-refractivity contribution is -0.438. The summed E-state index contributed by atoms with van der Waals surface area (Å²) in [5, 5.41) is 13.6. The Kier molecular flexibility index (Phi) is 5.19. The average Bonchev–Trinajstić information content (AvgIpc) is 3.53. The fourth-order valence-electron chi connectivity index (χ4n) is 3.31. The molecule has 0 spiro atoms. The summed E-state index contributed by atoms with van der Waals surface area (Å²) in [6.07, 6.45) is 3.10. The van der Waals surface area contributed by atoms with Gasteiger partial charge in [0.05, 0.1) is 29.9 Å². The molecule has 1 heterocycles. The number of hydrazone groups is 1. The molecule has 1 amide bonds. The molecule has 2 aromatic carbocycles. The van der Waals surface area contributed by atoms with Crippen molar-refractivity contribution in [3.05, 3.63) is 59.2 Å². The minimum atomic E-state index is -3.57. The van der Waals surface area contributed by atoms with Gasteiger partial charge in [-0.2, -0.15) is 14.0 Å². The van der Waals surface area contributed by atoms with Crippen molar-refractivity contribution in [3.63, 3.8) is 0 Å². The molecule has 1 aliphatic heterocycles. The number of fused-ring (bicyclic) bond motifs is 1. The van der Waals surface area contributed by atoms with E-state index in [0.717, 1.165) is 12.8 Å². The van der Waals surface area contributed by atoms with Crippen LogP contribution in [0.3, 0.4) is 0 Å². The molecule has 1 saturated carbocycles. The Morgan fingerprint density at radius 1 is 1.26 bits per heavy atom. The standard InChI is InChI=1S/C23H19F2N4O2/c1-23(24,25)22(30)28-20(15-4-5-15)21(16-6-8-18(31-2)9-7-16)29-19-10-3-14(12-26)11-17(19)13-27-29/h3,6-11,13,15H,4-5H2,1-2H3/q+1/b28-20?,29-21-. The van der Waals surface area contributed by atoms with E-state index in [2.05, 4.69) is 16.2 Å². The number of hydrogen-bond acceptors (Lipinski definition) is 4. The van der Waals surface area contributed by atoms with Crippen molar-refractivity contribution in [1.82, 2.24) is 0 Å². The van der Waals surface area contributed by atoms with Crippen molar-refractivity contribution in [1.29, 1.82) is 5.26 Å². The number of carbonyl (C=O) groups is 1. The zero-order valence-corrected chi connectivity index (χ0v) is 17.0. The van der Waals surface area contributed by atoms with Gasteiger partial charge < -0.3 is 4.74 Å². The van der Waals surface area contributed by atoms with Gasteiger partial charge in [0.1, 0.15) is 17.7 Å². The lowest BCUT2D eigenvalue weighted by atomic mass is 10.0. The quantitative estimate of drug-likeness (QED) is 0.539. The Balaban J connectivity index is 1.94. The number of ether oxygens (including phenoxy) is 1. The van der Waals surface area contributed by atoms with E-state index in [0.29, 0.717) is 40.8 Å². The smallest absolute Gasteiger partial charge is 0.324 e. The Morgan fingerprint density at radius 3 is 2.55 bits per heavy atom. The monoisotopic (exact) mass is 421 g/mol. The molecule has 1 aliphatic carbocycles. The van der Waals surface area contributed by atoms with E-state index in [9.17, 15) is 13.6 Å². The molecule has 0 radical (unpaired) electrons. The number of carbonyl (C=O) groups excluding carboxylic acids is 1. The van der Waals surface area contributed by atoms with E-state index in [-0.39, 0.29) is 11.6 Å². The van der Waals surface area contributed by atoms with Crippen LogP contribution in [0.2, 0.25) is 0 Å². The average molecular weight is 421 g/mol. The largest absolute Gasteiger partial charge is 0.497 e. The second kappa shape index (κ2) is 7.84. The number of benzene rings is 2. The first-order chi connectivity index (χ1) is 14.8. The van der Waals surface area contributed by atoms with Crippen molar-refractivity contribution < 1.29 is 23.0 Å². The van der Waals surface area contributed by atoms with Gasteiger partial charge in [0, 0.05) is 18.9 Å². The highest BCUT2D eigenvalue weighted by Crippen LogP contribution is 2.35. The highest BCUT2D eigenvalue weighted by molar-refractivity contribution is 6.49. The van der Waals surface area contributed by atoms with Crippen LogP contribution >= 0.6 is 0 Å². The van der Waals surface area contributed by atoms with Crippen LogP contribution in [0, 0.1) is 17.2 Å². The van der Waals surface area contributed by atoms with Crippen LogP contribution in [0.25, 0.3) is 0 Å². The fraction of sp³-hybridized carbons (Fsp3) is 0.261. The number of amides is 1.